The predicted octanol–water partition coefficient (Wildman–Crippen LogP) is 6.09. The molecule has 1 aromatic heterocycles. The van der Waals surface area contributed by atoms with Crippen LogP contribution in [0.4, 0.5) is 0 Å². The molecule has 0 radical (unpaired) electrons. The number of aromatic nitrogens is 1. The summed E-state index contributed by atoms with van der Waals surface area (Å²) in [6.07, 6.45) is 1.82. The van der Waals surface area contributed by atoms with Gasteiger partial charge in [-0.15, -0.1) is 0 Å². The second-order valence-electron chi connectivity index (χ2n) is 9.96. The molecule has 0 unspecified atom stereocenters. The average molecular weight is 466 g/mol. The maximum atomic E-state index is 12.9. The Morgan fingerprint density at radius 1 is 0.914 bits per heavy atom. The first-order chi connectivity index (χ1) is 17.1. The number of carbonyl (C=O) groups excluding carboxylic acids is 1. The lowest BCUT2D eigenvalue weighted by molar-refractivity contribution is -0.127. The van der Waals surface area contributed by atoms with Crippen LogP contribution in [0.2, 0.25) is 0 Å². The zero-order valence-electron chi connectivity index (χ0n) is 20.8. The van der Waals surface area contributed by atoms with Crippen LogP contribution in [-0.2, 0) is 17.9 Å². The Morgan fingerprint density at radius 2 is 1.66 bits per heavy atom. The number of benzene rings is 3. The van der Waals surface area contributed by atoms with Gasteiger partial charge in [-0.05, 0) is 68.4 Å². The summed E-state index contributed by atoms with van der Waals surface area (Å²) in [7, 11) is 0. The molecule has 2 heterocycles. The van der Waals surface area contributed by atoms with E-state index in [9.17, 15) is 4.79 Å². The van der Waals surface area contributed by atoms with Gasteiger partial charge < -0.3 is 9.88 Å². The van der Waals surface area contributed by atoms with Gasteiger partial charge >= 0.3 is 0 Å². The summed E-state index contributed by atoms with van der Waals surface area (Å²) in [5.41, 5.74) is 6.40. The smallest absolute Gasteiger partial charge is 0.223 e. The molecular weight excluding hydrogens is 430 g/mol. The van der Waals surface area contributed by atoms with Crippen molar-refractivity contribution in [3.05, 3.63) is 107 Å². The Hall–Kier alpha value is -3.37. The lowest BCUT2D eigenvalue weighted by atomic mass is 9.95. The molecule has 1 amide bonds. The van der Waals surface area contributed by atoms with E-state index in [0.29, 0.717) is 0 Å². The second-order valence-corrected chi connectivity index (χ2v) is 9.96. The number of hydrogen-bond acceptors (Lipinski definition) is 2. The number of carbonyl (C=O) groups is 1. The van der Waals surface area contributed by atoms with Crippen LogP contribution in [0.15, 0.2) is 84.9 Å². The predicted molar refractivity (Wildman–Crippen MR) is 143 cm³/mol. The number of aryl methyl sites for hydroxylation is 1. The van der Waals surface area contributed by atoms with Gasteiger partial charge in [-0.2, -0.15) is 0 Å². The molecule has 180 valence electrons. The van der Waals surface area contributed by atoms with Crippen molar-refractivity contribution in [3.63, 3.8) is 0 Å². The summed E-state index contributed by atoms with van der Waals surface area (Å²) >= 11 is 0. The Balaban J connectivity index is 1.24. The van der Waals surface area contributed by atoms with Crippen molar-refractivity contribution in [2.24, 2.45) is 5.92 Å². The molecular formula is C31H35N3O. The molecule has 1 N–H and O–H groups in total. The van der Waals surface area contributed by atoms with Gasteiger partial charge in [0.1, 0.15) is 0 Å². The summed E-state index contributed by atoms with van der Waals surface area (Å²) < 4.78 is 2.46. The van der Waals surface area contributed by atoms with Crippen molar-refractivity contribution >= 4 is 16.8 Å². The first-order valence-electron chi connectivity index (χ1n) is 12.8. The molecule has 4 aromatic rings. The standard InChI is InChI=1S/C31H35N3O/c1-23-9-8-10-25(19-23)21-34-29(20-28-13-6-7-14-30(28)34)22-33-17-15-27(16-18-33)31(35)32-24(2)26-11-4-3-5-12-26/h3-14,19-20,24,27H,15-18,21-22H2,1-2H3,(H,32,35)/t24-/m0/s1. The summed E-state index contributed by atoms with van der Waals surface area (Å²) in [4.78, 5) is 15.4. The van der Waals surface area contributed by atoms with E-state index in [2.05, 4.69) is 95.4 Å². The first kappa shape index (κ1) is 23.4. The molecule has 1 atom stereocenters. The number of hydrogen-bond donors (Lipinski definition) is 1. The van der Waals surface area contributed by atoms with Crippen molar-refractivity contribution in [1.82, 2.24) is 14.8 Å². The minimum atomic E-state index is 0.0408. The van der Waals surface area contributed by atoms with Gasteiger partial charge in [0, 0.05) is 30.2 Å². The van der Waals surface area contributed by atoms with Gasteiger partial charge in [-0.25, -0.2) is 0 Å². The summed E-state index contributed by atoms with van der Waals surface area (Å²) in [5.74, 6) is 0.283. The molecule has 1 aliphatic heterocycles. The Labute approximate surface area is 208 Å². The topological polar surface area (TPSA) is 37.3 Å². The molecule has 0 saturated carbocycles. The van der Waals surface area contributed by atoms with Crippen LogP contribution >= 0.6 is 0 Å². The molecule has 0 bridgehead atoms. The fraction of sp³-hybridized carbons (Fsp3) is 0.323. The Bertz CT molecular complexity index is 1290. The number of rotatable bonds is 7. The van der Waals surface area contributed by atoms with Crippen molar-refractivity contribution in [1.29, 1.82) is 0 Å². The number of nitrogens with zero attached hydrogens (tertiary/aromatic N) is 2. The van der Waals surface area contributed by atoms with Crippen LogP contribution in [-0.4, -0.2) is 28.5 Å². The van der Waals surface area contributed by atoms with Gasteiger partial charge in [0.05, 0.1) is 6.04 Å². The molecule has 35 heavy (non-hydrogen) atoms. The summed E-state index contributed by atoms with van der Waals surface area (Å²) in [5, 5.41) is 4.52. The van der Waals surface area contributed by atoms with E-state index in [-0.39, 0.29) is 17.9 Å². The van der Waals surface area contributed by atoms with E-state index in [1.54, 1.807) is 0 Å². The van der Waals surface area contributed by atoms with Gasteiger partial charge in [0.25, 0.3) is 0 Å². The molecule has 3 aromatic carbocycles. The van der Waals surface area contributed by atoms with Gasteiger partial charge in [-0.3, -0.25) is 9.69 Å². The number of fused-ring (bicyclic) bond motifs is 1. The van der Waals surface area contributed by atoms with E-state index in [1.165, 1.54) is 27.7 Å². The third-order valence-corrected chi connectivity index (χ3v) is 7.32. The van der Waals surface area contributed by atoms with Crippen LogP contribution in [0.3, 0.4) is 0 Å². The summed E-state index contributed by atoms with van der Waals surface area (Å²) in [6, 6.07) is 30.0. The Kier molecular flexibility index (Phi) is 7.01. The number of para-hydroxylation sites is 1. The minimum absolute atomic E-state index is 0.0408. The average Bonchev–Trinajstić information content (AvgIpc) is 3.21. The maximum absolute atomic E-state index is 12.9. The maximum Gasteiger partial charge on any atom is 0.223 e. The fourth-order valence-corrected chi connectivity index (χ4v) is 5.32. The van der Waals surface area contributed by atoms with Crippen LogP contribution in [0.25, 0.3) is 10.9 Å². The third kappa shape index (κ3) is 5.49. The first-order valence-corrected chi connectivity index (χ1v) is 12.8. The van der Waals surface area contributed by atoms with E-state index >= 15 is 0 Å². The number of likely N-dealkylation sites (tertiary alicyclic amines) is 1. The van der Waals surface area contributed by atoms with E-state index in [0.717, 1.165) is 44.6 Å². The molecule has 1 saturated heterocycles. The highest BCUT2D eigenvalue weighted by Crippen LogP contribution is 2.26. The highest BCUT2D eigenvalue weighted by Gasteiger charge is 2.26. The zero-order valence-corrected chi connectivity index (χ0v) is 20.8. The molecule has 0 spiro atoms. The van der Waals surface area contributed by atoms with Gasteiger partial charge in [0.15, 0.2) is 0 Å². The van der Waals surface area contributed by atoms with Crippen molar-refractivity contribution < 1.29 is 4.79 Å². The van der Waals surface area contributed by atoms with Gasteiger partial charge in [0.2, 0.25) is 5.91 Å². The fourth-order valence-electron chi connectivity index (χ4n) is 5.32. The molecule has 5 rings (SSSR count). The normalized spacial score (nSPS) is 15.8. The van der Waals surface area contributed by atoms with Crippen molar-refractivity contribution in [2.45, 2.75) is 45.8 Å². The van der Waals surface area contributed by atoms with Crippen LogP contribution < -0.4 is 5.32 Å². The van der Waals surface area contributed by atoms with Crippen molar-refractivity contribution in [2.75, 3.05) is 13.1 Å². The highest BCUT2D eigenvalue weighted by molar-refractivity contribution is 5.81. The minimum Gasteiger partial charge on any atom is -0.349 e. The van der Waals surface area contributed by atoms with Crippen LogP contribution in [0.5, 0.6) is 0 Å². The molecule has 4 heteroatoms. The SMILES string of the molecule is Cc1cccc(Cn2c(CN3CCC(C(=O)N[C@@H](C)c4ccccc4)CC3)cc3ccccc32)c1. The molecule has 0 aliphatic carbocycles. The second kappa shape index (κ2) is 10.5. The largest absolute Gasteiger partial charge is 0.349 e. The third-order valence-electron chi connectivity index (χ3n) is 7.32. The van der Waals surface area contributed by atoms with Crippen molar-refractivity contribution in [3.8, 4) is 0 Å². The van der Waals surface area contributed by atoms with E-state index in [1.807, 2.05) is 18.2 Å². The summed E-state index contributed by atoms with van der Waals surface area (Å²) in [6.45, 7) is 7.90. The zero-order chi connectivity index (χ0) is 24.2. The number of amides is 1. The van der Waals surface area contributed by atoms with Crippen LogP contribution in [0.1, 0.15) is 48.2 Å². The van der Waals surface area contributed by atoms with Crippen LogP contribution in [0, 0.1) is 12.8 Å². The van der Waals surface area contributed by atoms with E-state index in [4.69, 9.17) is 0 Å². The molecule has 4 nitrogen and oxygen atoms in total. The van der Waals surface area contributed by atoms with E-state index < -0.39 is 0 Å². The lowest BCUT2D eigenvalue weighted by Gasteiger charge is -2.32. The quantitative estimate of drug-likeness (QED) is 0.359. The highest BCUT2D eigenvalue weighted by atomic mass is 16.1. The molecule has 1 fully saturated rings. The monoisotopic (exact) mass is 465 g/mol. The Morgan fingerprint density at radius 3 is 2.43 bits per heavy atom. The molecule has 1 aliphatic rings. The van der Waals surface area contributed by atoms with Gasteiger partial charge in [-0.1, -0.05) is 78.4 Å². The number of piperidine rings is 1. The lowest BCUT2D eigenvalue weighted by Crippen LogP contribution is -2.41. The number of nitrogens with one attached hydrogen (secondary N) is 1.